The summed E-state index contributed by atoms with van der Waals surface area (Å²) in [6.07, 6.45) is 0. The summed E-state index contributed by atoms with van der Waals surface area (Å²) in [5.74, 6) is 1.65. The van der Waals surface area contributed by atoms with E-state index in [0.29, 0.717) is 17.4 Å². The quantitative estimate of drug-likeness (QED) is 0.721. The molecule has 0 aliphatic rings. The van der Waals surface area contributed by atoms with Crippen LogP contribution in [0.5, 0.6) is 17.4 Å². The molecule has 2 aromatic rings. The summed E-state index contributed by atoms with van der Waals surface area (Å²) in [4.78, 5) is 4.33. The van der Waals surface area contributed by atoms with Crippen LogP contribution in [0.2, 0.25) is 0 Å². The number of hydrogen-bond acceptors (Lipinski definition) is 6. The molecule has 0 unspecified atom stereocenters. The van der Waals surface area contributed by atoms with E-state index in [9.17, 15) is 5.11 Å². The molecule has 0 fully saturated rings. The lowest BCUT2D eigenvalue weighted by Crippen LogP contribution is -2.49. The fourth-order valence-electron chi connectivity index (χ4n) is 1.71. The van der Waals surface area contributed by atoms with E-state index >= 15 is 0 Å². The topological polar surface area (TPSA) is 92.0 Å². The minimum absolute atomic E-state index is 0. The van der Waals surface area contributed by atoms with E-state index in [2.05, 4.69) is 4.98 Å². The average Bonchev–Trinajstić information content (AvgIpc) is 2.49. The van der Waals surface area contributed by atoms with E-state index in [1.807, 2.05) is 57.2 Å². The van der Waals surface area contributed by atoms with Gasteiger partial charge in [-0.1, -0.05) is 18.2 Å². The predicted molar refractivity (Wildman–Crippen MR) is 96.7 cm³/mol. The first-order chi connectivity index (χ1) is 11.6. The van der Waals surface area contributed by atoms with Gasteiger partial charge < -0.3 is 24.6 Å². The molecule has 0 bridgehead atoms. The van der Waals surface area contributed by atoms with E-state index in [0.717, 1.165) is 5.69 Å². The average molecular weight is 346 g/mol. The minimum atomic E-state index is -0.998. The highest BCUT2D eigenvalue weighted by molar-refractivity contribution is 6.13. The Hall–Kier alpha value is -2.09. The summed E-state index contributed by atoms with van der Waals surface area (Å²) in [6.45, 7) is 9.03. The molecule has 25 heavy (non-hydrogen) atoms. The molecule has 0 saturated carbocycles. The summed E-state index contributed by atoms with van der Waals surface area (Å²) in [5.41, 5.74) is -0.888. The number of aliphatic hydroxyl groups is 1. The summed E-state index contributed by atoms with van der Waals surface area (Å²) in [7, 11) is 0. The van der Waals surface area contributed by atoms with Gasteiger partial charge in [0, 0.05) is 11.8 Å². The maximum absolute atomic E-state index is 10.2. The Kier molecular flexibility index (Phi) is 7.42. The molecule has 0 amide bonds. The molecule has 135 valence electrons. The van der Waals surface area contributed by atoms with E-state index in [-0.39, 0.29) is 7.69 Å². The van der Waals surface area contributed by atoms with Gasteiger partial charge in [0.2, 0.25) is 5.88 Å². The molecule has 0 aliphatic carbocycles. The Morgan fingerprint density at radius 3 is 2.00 bits per heavy atom. The third-order valence-corrected chi connectivity index (χ3v) is 3.76. The Morgan fingerprint density at radius 2 is 1.48 bits per heavy atom. The van der Waals surface area contributed by atoms with Crippen LogP contribution in [-0.4, -0.2) is 39.0 Å². The summed E-state index contributed by atoms with van der Waals surface area (Å²) in [6, 6.07) is 13.0. The molecular weight excluding hydrogens is 321 g/mol. The van der Waals surface area contributed by atoms with Gasteiger partial charge in [-0.15, -0.1) is 0 Å². The second-order valence-electron chi connectivity index (χ2n) is 6.45. The molecule has 3 N–H and O–H groups in total. The first kappa shape index (κ1) is 21.0. The standard InChI is InChI=1S/C18H23NO3.BH2O2/c1-13-9-8-12-16(19-13)21-14-10-6-7-11-15(14)22-18(4,5)17(2,3)20;2-1-3/h6-12,20H,1-5H3;2-3H. The number of rotatable bonds is 5. The fourth-order valence-corrected chi connectivity index (χ4v) is 1.71. The Bertz CT molecular complexity index is 671. The van der Waals surface area contributed by atoms with Crippen molar-refractivity contribution >= 4 is 7.69 Å². The molecule has 1 aromatic carbocycles. The van der Waals surface area contributed by atoms with Crippen LogP contribution >= 0.6 is 0 Å². The van der Waals surface area contributed by atoms with Crippen LogP contribution in [0.4, 0.5) is 0 Å². The van der Waals surface area contributed by atoms with Crippen LogP contribution in [0, 0.1) is 6.92 Å². The first-order valence-corrected chi connectivity index (χ1v) is 7.83. The van der Waals surface area contributed by atoms with Crippen molar-refractivity contribution in [3.63, 3.8) is 0 Å². The molecule has 2 rings (SSSR count). The van der Waals surface area contributed by atoms with E-state index in [4.69, 9.17) is 19.5 Å². The smallest absolute Gasteiger partial charge is 0.481 e. The summed E-state index contributed by atoms with van der Waals surface area (Å²) < 4.78 is 11.8. The highest BCUT2D eigenvalue weighted by Crippen LogP contribution is 2.35. The molecule has 0 saturated heterocycles. The van der Waals surface area contributed by atoms with Crippen molar-refractivity contribution in [3.05, 3.63) is 48.2 Å². The Morgan fingerprint density at radius 1 is 0.920 bits per heavy atom. The van der Waals surface area contributed by atoms with Crippen molar-refractivity contribution in [2.24, 2.45) is 0 Å². The van der Waals surface area contributed by atoms with Gasteiger partial charge in [-0.3, -0.25) is 0 Å². The Labute approximate surface area is 149 Å². The van der Waals surface area contributed by atoms with Crippen molar-refractivity contribution in [2.45, 2.75) is 45.8 Å². The molecule has 7 heteroatoms. The van der Waals surface area contributed by atoms with Crippen molar-refractivity contribution in [2.75, 3.05) is 0 Å². The van der Waals surface area contributed by atoms with Crippen LogP contribution in [0.3, 0.4) is 0 Å². The number of nitrogens with zero attached hydrogens (tertiary/aromatic N) is 1. The van der Waals surface area contributed by atoms with Crippen molar-refractivity contribution < 1.29 is 24.6 Å². The zero-order chi connectivity index (χ0) is 19.1. The van der Waals surface area contributed by atoms with Gasteiger partial charge in [0.05, 0.1) is 5.60 Å². The molecule has 1 aromatic heterocycles. The van der Waals surface area contributed by atoms with Crippen molar-refractivity contribution in [1.29, 1.82) is 0 Å². The molecule has 0 atom stereocenters. The maximum atomic E-state index is 10.2. The Balaban J connectivity index is 0.000000970. The number of aromatic nitrogens is 1. The molecule has 6 nitrogen and oxygen atoms in total. The largest absolute Gasteiger partial charge is 0.482 e. The van der Waals surface area contributed by atoms with Crippen LogP contribution in [0.15, 0.2) is 42.5 Å². The number of para-hydroxylation sites is 2. The van der Waals surface area contributed by atoms with Gasteiger partial charge in [0.25, 0.3) is 0 Å². The van der Waals surface area contributed by atoms with Gasteiger partial charge in [-0.2, -0.15) is 0 Å². The monoisotopic (exact) mass is 346 g/mol. The fraction of sp³-hybridized carbons (Fsp3) is 0.389. The first-order valence-electron chi connectivity index (χ1n) is 7.83. The molecular formula is C18H25BNO5. The van der Waals surface area contributed by atoms with E-state index < -0.39 is 11.2 Å². The lowest BCUT2D eigenvalue weighted by atomic mass is 9.89. The maximum Gasteiger partial charge on any atom is 0.482 e. The zero-order valence-electron chi connectivity index (χ0n) is 15.2. The van der Waals surface area contributed by atoms with Crippen LogP contribution < -0.4 is 9.47 Å². The minimum Gasteiger partial charge on any atom is -0.481 e. The van der Waals surface area contributed by atoms with E-state index in [1.54, 1.807) is 19.9 Å². The number of hydrogen-bond donors (Lipinski definition) is 3. The highest BCUT2D eigenvalue weighted by Gasteiger charge is 2.38. The SMILES string of the molecule is Cc1cccc(Oc2ccccc2OC(C)(C)C(C)(C)O)n1.O[B]O. The second-order valence-corrected chi connectivity index (χ2v) is 6.45. The summed E-state index contributed by atoms with van der Waals surface area (Å²) >= 11 is 0. The molecule has 1 radical (unpaired) electrons. The molecule has 0 aliphatic heterocycles. The lowest BCUT2D eigenvalue weighted by molar-refractivity contribution is -0.0912. The van der Waals surface area contributed by atoms with E-state index in [1.165, 1.54) is 0 Å². The number of benzene rings is 1. The van der Waals surface area contributed by atoms with Gasteiger partial charge in [0.1, 0.15) is 5.60 Å². The third kappa shape index (κ3) is 6.38. The number of ether oxygens (including phenoxy) is 2. The van der Waals surface area contributed by atoms with Crippen molar-refractivity contribution in [3.8, 4) is 17.4 Å². The third-order valence-electron chi connectivity index (χ3n) is 3.76. The number of pyridine rings is 1. The van der Waals surface area contributed by atoms with Crippen LogP contribution in [0.25, 0.3) is 0 Å². The number of aryl methyl sites for hydroxylation is 1. The predicted octanol–water partition coefficient (Wildman–Crippen LogP) is 2.62. The lowest BCUT2D eigenvalue weighted by Gasteiger charge is -2.37. The zero-order valence-corrected chi connectivity index (χ0v) is 15.2. The summed E-state index contributed by atoms with van der Waals surface area (Å²) in [5, 5.41) is 24.2. The molecule has 1 heterocycles. The van der Waals surface area contributed by atoms with Crippen molar-refractivity contribution in [1.82, 2.24) is 4.98 Å². The second kappa shape index (κ2) is 8.85. The van der Waals surface area contributed by atoms with Gasteiger partial charge >= 0.3 is 7.69 Å². The van der Waals surface area contributed by atoms with Crippen LogP contribution in [-0.2, 0) is 0 Å². The molecule has 0 spiro atoms. The van der Waals surface area contributed by atoms with Gasteiger partial charge in [0.15, 0.2) is 11.5 Å². The normalized spacial score (nSPS) is 11.2. The highest BCUT2D eigenvalue weighted by atomic mass is 16.5. The van der Waals surface area contributed by atoms with Crippen LogP contribution in [0.1, 0.15) is 33.4 Å². The van der Waals surface area contributed by atoms with Gasteiger partial charge in [-0.05, 0) is 52.8 Å². The van der Waals surface area contributed by atoms with Gasteiger partial charge in [-0.25, -0.2) is 4.98 Å².